The van der Waals surface area contributed by atoms with Gasteiger partial charge in [-0.05, 0) is 61.4 Å². The molecule has 1 aliphatic heterocycles. The van der Waals surface area contributed by atoms with Gasteiger partial charge in [0.25, 0.3) is 5.91 Å². The molecule has 164 valence electrons. The number of aryl methyl sites for hydroxylation is 2. The lowest BCUT2D eigenvalue weighted by molar-refractivity contribution is -0.119. The zero-order valence-corrected chi connectivity index (χ0v) is 19.1. The lowest BCUT2D eigenvalue weighted by atomic mass is 10.1. The first-order chi connectivity index (χ1) is 14.7. The Hall–Kier alpha value is -2.62. The largest absolute Gasteiger partial charge is 0.324 e. The third kappa shape index (κ3) is 5.36. The van der Waals surface area contributed by atoms with E-state index in [1.54, 1.807) is 0 Å². The molecule has 9 heteroatoms. The lowest BCUT2D eigenvalue weighted by Gasteiger charge is -2.23. The second kappa shape index (κ2) is 9.67. The van der Waals surface area contributed by atoms with E-state index in [2.05, 4.69) is 16.6 Å². The Morgan fingerprint density at radius 2 is 1.87 bits per heavy atom. The molecule has 0 aromatic heterocycles. The molecule has 0 bridgehead atoms. The Bertz CT molecular complexity index is 1100. The predicted octanol–water partition coefficient (Wildman–Crippen LogP) is 2.92. The third-order valence-electron chi connectivity index (χ3n) is 5.05. The number of hydrogen-bond donors (Lipinski definition) is 2. The van der Waals surface area contributed by atoms with Gasteiger partial charge in [0, 0.05) is 23.5 Å². The van der Waals surface area contributed by atoms with E-state index >= 15 is 0 Å². The maximum Gasteiger partial charge on any atom is 0.255 e. The summed E-state index contributed by atoms with van der Waals surface area (Å²) in [6.45, 7) is 7.58. The maximum atomic E-state index is 13.0. The first-order valence-electron chi connectivity index (χ1n) is 9.70. The van der Waals surface area contributed by atoms with Gasteiger partial charge in [-0.1, -0.05) is 12.1 Å². The molecular weight excluding hydrogens is 434 g/mol. The number of carbonyl (C=O) groups is 2. The summed E-state index contributed by atoms with van der Waals surface area (Å²) >= 11 is 1.50. The van der Waals surface area contributed by atoms with Crippen LogP contribution in [0, 0.1) is 13.8 Å². The maximum absolute atomic E-state index is 13.0. The van der Waals surface area contributed by atoms with Gasteiger partial charge in [0.15, 0.2) is 0 Å². The van der Waals surface area contributed by atoms with Crippen molar-refractivity contribution in [1.29, 1.82) is 0 Å². The predicted molar refractivity (Wildman–Crippen MR) is 124 cm³/mol. The van der Waals surface area contributed by atoms with Crippen LogP contribution in [0.1, 0.15) is 21.5 Å². The summed E-state index contributed by atoms with van der Waals surface area (Å²) in [7, 11) is -3.66. The Morgan fingerprint density at radius 1 is 1.16 bits per heavy atom. The number of thioether (sulfide) groups is 1. The third-order valence-corrected chi connectivity index (χ3v) is 7.50. The number of benzene rings is 2. The van der Waals surface area contributed by atoms with Crippen molar-refractivity contribution in [2.45, 2.75) is 24.8 Å². The fourth-order valence-corrected chi connectivity index (χ4v) is 5.25. The zero-order valence-electron chi connectivity index (χ0n) is 17.4. The SMILES string of the molecule is C=CCNS(=O)(=O)c1ccc(C(=O)N2CSCC2C(=O)Nc2ccc(C)c(C)c2)cc1. The second-order valence-electron chi connectivity index (χ2n) is 7.24. The van der Waals surface area contributed by atoms with Crippen LogP contribution in [0.25, 0.3) is 0 Å². The topological polar surface area (TPSA) is 95.6 Å². The molecule has 0 saturated carbocycles. The van der Waals surface area contributed by atoms with Crippen LogP contribution in [0.15, 0.2) is 60.0 Å². The van der Waals surface area contributed by atoms with E-state index in [1.165, 1.54) is 47.0 Å². The van der Waals surface area contributed by atoms with E-state index in [9.17, 15) is 18.0 Å². The van der Waals surface area contributed by atoms with Gasteiger partial charge in [-0.25, -0.2) is 13.1 Å². The standard InChI is InChI=1S/C22H25N3O4S2/c1-4-11-23-31(28,29)19-9-6-17(7-10-19)22(27)25-14-30-13-20(25)21(26)24-18-8-5-15(2)16(3)12-18/h4-10,12,20,23H,1,11,13-14H2,2-3H3,(H,24,26). The van der Waals surface area contributed by atoms with Crippen molar-refractivity contribution >= 4 is 39.3 Å². The van der Waals surface area contributed by atoms with Gasteiger partial charge in [0.2, 0.25) is 15.9 Å². The average molecular weight is 460 g/mol. The average Bonchev–Trinajstić information content (AvgIpc) is 3.24. The first kappa shape index (κ1) is 23.1. The highest BCUT2D eigenvalue weighted by molar-refractivity contribution is 7.99. The van der Waals surface area contributed by atoms with E-state index in [0.717, 1.165) is 11.1 Å². The van der Waals surface area contributed by atoms with E-state index in [4.69, 9.17) is 0 Å². The molecule has 31 heavy (non-hydrogen) atoms. The van der Waals surface area contributed by atoms with Gasteiger partial charge >= 0.3 is 0 Å². The Morgan fingerprint density at radius 3 is 2.52 bits per heavy atom. The van der Waals surface area contributed by atoms with Crippen LogP contribution >= 0.6 is 11.8 Å². The number of carbonyl (C=O) groups excluding carboxylic acids is 2. The molecular formula is C22H25N3O4S2. The molecule has 7 nitrogen and oxygen atoms in total. The molecule has 1 fully saturated rings. The van der Waals surface area contributed by atoms with E-state index in [-0.39, 0.29) is 23.3 Å². The van der Waals surface area contributed by atoms with Crippen molar-refractivity contribution in [2.24, 2.45) is 0 Å². The van der Waals surface area contributed by atoms with Crippen molar-refractivity contribution in [2.75, 3.05) is 23.5 Å². The summed E-state index contributed by atoms with van der Waals surface area (Å²) in [6.07, 6.45) is 1.45. The molecule has 1 heterocycles. The van der Waals surface area contributed by atoms with E-state index < -0.39 is 16.1 Å². The van der Waals surface area contributed by atoms with Crippen LogP contribution in [0.5, 0.6) is 0 Å². The Kier molecular flexibility index (Phi) is 7.19. The van der Waals surface area contributed by atoms with Crippen molar-refractivity contribution in [1.82, 2.24) is 9.62 Å². The van der Waals surface area contributed by atoms with Crippen molar-refractivity contribution < 1.29 is 18.0 Å². The molecule has 2 aromatic carbocycles. The molecule has 1 unspecified atom stereocenters. The number of sulfonamides is 1. The van der Waals surface area contributed by atoms with Crippen molar-refractivity contribution in [3.63, 3.8) is 0 Å². The Labute approximate surface area is 187 Å². The van der Waals surface area contributed by atoms with Crippen LogP contribution in [0.4, 0.5) is 5.69 Å². The lowest BCUT2D eigenvalue weighted by Crippen LogP contribution is -2.44. The minimum atomic E-state index is -3.66. The molecule has 3 rings (SSSR count). The van der Waals surface area contributed by atoms with Crippen LogP contribution in [0.3, 0.4) is 0 Å². The molecule has 0 spiro atoms. The second-order valence-corrected chi connectivity index (χ2v) is 10.0. The highest BCUT2D eigenvalue weighted by atomic mass is 32.2. The van der Waals surface area contributed by atoms with E-state index in [1.807, 2.05) is 32.0 Å². The molecule has 0 aliphatic carbocycles. The highest BCUT2D eigenvalue weighted by Gasteiger charge is 2.35. The summed E-state index contributed by atoms with van der Waals surface area (Å²) < 4.78 is 26.7. The Balaban J connectivity index is 1.72. The minimum absolute atomic E-state index is 0.0609. The summed E-state index contributed by atoms with van der Waals surface area (Å²) in [5.41, 5.74) is 3.23. The van der Waals surface area contributed by atoms with Crippen molar-refractivity contribution in [3.8, 4) is 0 Å². The smallest absolute Gasteiger partial charge is 0.255 e. The van der Waals surface area contributed by atoms with Crippen molar-refractivity contribution in [3.05, 3.63) is 71.8 Å². The number of rotatable bonds is 7. The van der Waals surface area contributed by atoms with Gasteiger partial charge < -0.3 is 10.2 Å². The quantitative estimate of drug-likeness (QED) is 0.621. The minimum Gasteiger partial charge on any atom is -0.324 e. The summed E-state index contributed by atoms with van der Waals surface area (Å²) in [5.74, 6) is 0.341. The fraction of sp³-hybridized carbons (Fsp3) is 0.273. The van der Waals surface area contributed by atoms with Gasteiger partial charge in [-0.2, -0.15) is 0 Å². The van der Waals surface area contributed by atoms with Crippen LogP contribution in [-0.2, 0) is 14.8 Å². The molecule has 2 aromatic rings. The van der Waals surface area contributed by atoms with Crippen LogP contribution < -0.4 is 10.0 Å². The first-order valence-corrected chi connectivity index (χ1v) is 12.3. The molecule has 2 amide bonds. The monoisotopic (exact) mass is 459 g/mol. The normalized spacial score (nSPS) is 16.2. The zero-order chi connectivity index (χ0) is 22.6. The van der Waals surface area contributed by atoms with E-state index in [0.29, 0.717) is 22.9 Å². The molecule has 2 N–H and O–H groups in total. The number of anilines is 1. The fourth-order valence-electron chi connectivity index (χ4n) is 3.10. The summed E-state index contributed by atoms with van der Waals surface area (Å²) in [5, 5.41) is 2.89. The number of nitrogens with one attached hydrogen (secondary N) is 2. The number of hydrogen-bond acceptors (Lipinski definition) is 5. The highest BCUT2D eigenvalue weighted by Crippen LogP contribution is 2.25. The molecule has 1 atom stereocenters. The van der Waals surface area contributed by atoms with Crippen LogP contribution in [-0.4, -0.2) is 49.3 Å². The van der Waals surface area contributed by atoms with Gasteiger partial charge in [0.1, 0.15) is 6.04 Å². The van der Waals surface area contributed by atoms with Gasteiger partial charge in [-0.3, -0.25) is 9.59 Å². The summed E-state index contributed by atoms with van der Waals surface area (Å²) in [6, 6.07) is 10.8. The molecule has 1 saturated heterocycles. The molecule has 1 aliphatic rings. The summed E-state index contributed by atoms with van der Waals surface area (Å²) in [4.78, 5) is 27.4. The van der Waals surface area contributed by atoms with Crippen LogP contribution in [0.2, 0.25) is 0 Å². The number of amides is 2. The molecule has 0 radical (unpaired) electrons. The number of nitrogens with zero attached hydrogens (tertiary/aromatic N) is 1. The van der Waals surface area contributed by atoms with Gasteiger partial charge in [-0.15, -0.1) is 18.3 Å². The van der Waals surface area contributed by atoms with Gasteiger partial charge in [0.05, 0.1) is 10.8 Å².